The molecule has 0 saturated heterocycles. The molecule has 0 aromatic carbocycles. The van der Waals surface area contributed by atoms with E-state index >= 15 is 0 Å². The van der Waals surface area contributed by atoms with E-state index < -0.39 is 0 Å². The summed E-state index contributed by atoms with van der Waals surface area (Å²) < 4.78 is 2.00. The first-order valence-electron chi connectivity index (χ1n) is 6.30. The largest absolute Gasteiger partial charge is 0.244 e. The number of fused-ring (bicyclic) bond motifs is 1. The summed E-state index contributed by atoms with van der Waals surface area (Å²) in [6.07, 6.45) is 5.62. The number of aryl methyl sites for hydroxylation is 1. The van der Waals surface area contributed by atoms with Crippen LogP contribution in [0.15, 0.2) is 0 Å². The normalized spacial score (nSPS) is 16.8. The third-order valence-electron chi connectivity index (χ3n) is 3.56. The maximum absolute atomic E-state index is 6.18. The summed E-state index contributed by atoms with van der Waals surface area (Å²) in [5.41, 5.74) is 1.74. The molecule has 3 rings (SSSR count). The van der Waals surface area contributed by atoms with Gasteiger partial charge in [0.1, 0.15) is 5.15 Å². The zero-order valence-electron chi connectivity index (χ0n) is 10.2. The van der Waals surface area contributed by atoms with Gasteiger partial charge in [-0.25, -0.2) is 9.67 Å². The van der Waals surface area contributed by atoms with Crippen LogP contribution in [0.4, 0.5) is 0 Å². The fraction of sp³-hybridized carbons (Fsp3) is 0.583. The van der Waals surface area contributed by atoms with Gasteiger partial charge in [-0.1, -0.05) is 31.4 Å². The molecule has 0 bridgehead atoms. The van der Waals surface area contributed by atoms with Crippen molar-refractivity contribution >= 4 is 34.2 Å². The summed E-state index contributed by atoms with van der Waals surface area (Å²) >= 11 is 12.1. The lowest BCUT2D eigenvalue weighted by Crippen LogP contribution is -2.07. The van der Waals surface area contributed by atoms with Crippen LogP contribution >= 0.6 is 23.2 Å². The summed E-state index contributed by atoms with van der Waals surface area (Å²) in [5, 5.41) is 6.12. The molecule has 1 aliphatic rings. The Morgan fingerprint density at radius 1 is 1.22 bits per heavy atom. The highest BCUT2D eigenvalue weighted by atomic mass is 35.5. The van der Waals surface area contributed by atoms with Gasteiger partial charge in [0.05, 0.1) is 17.1 Å². The Hall–Kier alpha value is -0.870. The highest BCUT2D eigenvalue weighted by molar-refractivity contribution is 6.35. The summed E-state index contributed by atoms with van der Waals surface area (Å²) in [4.78, 5) is 8.34. The van der Waals surface area contributed by atoms with Crippen molar-refractivity contribution in [3.05, 3.63) is 16.1 Å². The monoisotopic (exact) mass is 284 g/mol. The molecule has 1 aliphatic carbocycles. The first kappa shape index (κ1) is 12.2. The SMILES string of the molecule is CCc1nn(C2CCCC2)c2nc(Cl)nc(Cl)c12. The number of hydrogen-bond acceptors (Lipinski definition) is 3. The minimum absolute atomic E-state index is 0.189. The van der Waals surface area contributed by atoms with E-state index in [2.05, 4.69) is 22.0 Å². The van der Waals surface area contributed by atoms with Gasteiger partial charge in [0.15, 0.2) is 5.65 Å². The Kier molecular flexibility index (Phi) is 3.16. The van der Waals surface area contributed by atoms with Crippen LogP contribution in [0, 0.1) is 0 Å². The van der Waals surface area contributed by atoms with Crippen molar-refractivity contribution < 1.29 is 0 Å². The molecule has 0 N–H and O–H groups in total. The summed E-state index contributed by atoms with van der Waals surface area (Å²) in [6, 6.07) is 0.426. The van der Waals surface area contributed by atoms with Crippen molar-refractivity contribution in [3.8, 4) is 0 Å². The molecule has 0 radical (unpaired) electrons. The molecule has 4 nitrogen and oxygen atoms in total. The Labute approximate surface area is 115 Å². The molecule has 96 valence electrons. The number of nitrogens with zero attached hydrogens (tertiary/aromatic N) is 4. The second kappa shape index (κ2) is 4.67. The van der Waals surface area contributed by atoms with Crippen molar-refractivity contribution in [2.24, 2.45) is 0 Å². The highest BCUT2D eigenvalue weighted by Gasteiger charge is 2.24. The molecule has 0 amide bonds. The minimum atomic E-state index is 0.189. The van der Waals surface area contributed by atoms with Crippen LogP contribution in [-0.4, -0.2) is 19.7 Å². The first-order valence-corrected chi connectivity index (χ1v) is 7.06. The van der Waals surface area contributed by atoms with Gasteiger partial charge in [-0.15, -0.1) is 0 Å². The molecule has 0 spiro atoms. The lowest BCUT2D eigenvalue weighted by Gasteiger charge is -2.10. The molecule has 2 aromatic rings. The standard InChI is InChI=1S/C12H14Cl2N4/c1-2-8-9-10(13)15-12(14)16-11(9)18(17-8)7-5-3-4-6-7/h7H,2-6H2,1H3. The van der Waals surface area contributed by atoms with Gasteiger partial charge in [-0.05, 0) is 30.9 Å². The van der Waals surface area contributed by atoms with Crippen molar-refractivity contribution in [3.63, 3.8) is 0 Å². The van der Waals surface area contributed by atoms with Gasteiger partial charge >= 0.3 is 0 Å². The van der Waals surface area contributed by atoms with Crippen LogP contribution in [0.25, 0.3) is 11.0 Å². The minimum Gasteiger partial charge on any atom is -0.244 e. The van der Waals surface area contributed by atoms with E-state index in [1.165, 1.54) is 12.8 Å². The van der Waals surface area contributed by atoms with Crippen molar-refractivity contribution in [1.29, 1.82) is 0 Å². The fourth-order valence-corrected chi connectivity index (χ4v) is 3.17. The second-order valence-electron chi connectivity index (χ2n) is 4.67. The molecule has 1 fully saturated rings. The molecule has 1 saturated carbocycles. The molecule has 0 atom stereocenters. The van der Waals surface area contributed by atoms with E-state index in [1.54, 1.807) is 0 Å². The van der Waals surface area contributed by atoms with Crippen molar-refractivity contribution in [2.45, 2.75) is 45.1 Å². The van der Waals surface area contributed by atoms with Crippen LogP contribution in [-0.2, 0) is 6.42 Å². The predicted octanol–water partition coefficient (Wildman–Crippen LogP) is 3.81. The zero-order chi connectivity index (χ0) is 12.7. The number of rotatable bonds is 2. The average molecular weight is 285 g/mol. The highest BCUT2D eigenvalue weighted by Crippen LogP contribution is 2.34. The summed E-state index contributed by atoms with van der Waals surface area (Å²) in [5.74, 6) is 0. The van der Waals surface area contributed by atoms with Gasteiger partial charge in [-0.2, -0.15) is 10.1 Å². The smallest absolute Gasteiger partial charge is 0.225 e. The van der Waals surface area contributed by atoms with E-state index in [0.717, 1.165) is 36.0 Å². The van der Waals surface area contributed by atoms with Crippen molar-refractivity contribution in [2.75, 3.05) is 0 Å². The molecular formula is C12H14Cl2N4. The van der Waals surface area contributed by atoms with Crippen LogP contribution in [0.3, 0.4) is 0 Å². The molecule has 0 aliphatic heterocycles. The van der Waals surface area contributed by atoms with E-state index in [9.17, 15) is 0 Å². The molecule has 6 heteroatoms. The van der Waals surface area contributed by atoms with E-state index in [-0.39, 0.29) is 5.28 Å². The van der Waals surface area contributed by atoms with Crippen LogP contribution in [0.1, 0.15) is 44.3 Å². The Morgan fingerprint density at radius 3 is 2.61 bits per heavy atom. The quantitative estimate of drug-likeness (QED) is 0.622. The number of hydrogen-bond donors (Lipinski definition) is 0. The molecule has 2 aromatic heterocycles. The molecule has 2 heterocycles. The van der Waals surface area contributed by atoms with Crippen LogP contribution in [0.2, 0.25) is 10.4 Å². The Balaban J connectivity index is 2.25. The van der Waals surface area contributed by atoms with Gasteiger partial charge in [0.25, 0.3) is 0 Å². The number of aromatic nitrogens is 4. The third-order valence-corrected chi connectivity index (χ3v) is 4.00. The topological polar surface area (TPSA) is 43.6 Å². The van der Waals surface area contributed by atoms with Gasteiger partial charge < -0.3 is 0 Å². The van der Waals surface area contributed by atoms with E-state index in [4.69, 9.17) is 23.2 Å². The zero-order valence-corrected chi connectivity index (χ0v) is 11.7. The second-order valence-corrected chi connectivity index (χ2v) is 5.36. The average Bonchev–Trinajstić information content (AvgIpc) is 2.94. The molecular weight excluding hydrogens is 271 g/mol. The first-order chi connectivity index (χ1) is 8.70. The maximum atomic E-state index is 6.18. The summed E-state index contributed by atoms with van der Waals surface area (Å²) in [6.45, 7) is 2.06. The molecule has 0 unspecified atom stereocenters. The number of halogens is 2. The Bertz CT molecular complexity index is 587. The third kappa shape index (κ3) is 1.88. The summed E-state index contributed by atoms with van der Waals surface area (Å²) in [7, 11) is 0. The maximum Gasteiger partial charge on any atom is 0.225 e. The van der Waals surface area contributed by atoms with Crippen molar-refractivity contribution in [1.82, 2.24) is 19.7 Å². The van der Waals surface area contributed by atoms with E-state index in [0.29, 0.717) is 11.2 Å². The fourth-order valence-electron chi connectivity index (χ4n) is 2.69. The van der Waals surface area contributed by atoms with Gasteiger partial charge in [-0.3, -0.25) is 0 Å². The van der Waals surface area contributed by atoms with Crippen LogP contribution in [0.5, 0.6) is 0 Å². The van der Waals surface area contributed by atoms with Gasteiger partial charge in [0.2, 0.25) is 5.28 Å². The molecule has 18 heavy (non-hydrogen) atoms. The lowest BCUT2D eigenvalue weighted by molar-refractivity contribution is 0.474. The lowest BCUT2D eigenvalue weighted by atomic mass is 10.2. The van der Waals surface area contributed by atoms with Gasteiger partial charge in [0, 0.05) is 0 Å². The van der Waals surface area contributed by atoms with E-state index in [1.807, 2.05) is 4.68 Å². The Morgan fingerprint density at radius 2 is 1.94 bits per heavy atom. The van der Waals surface area contributed by atoms with Crippen LogP contribution < -0.4 is 0 Å². The predicted molar refractivity (Wildman–Crippen MR) is 72.2 cm³/mol.